The summed E-state index contributed by atoms with van der Waals surface area (Å²) in [5.41, 5.74) is 1.21. The Bertz CT molecular complexity index is 313. The highest BCUT2D eigenvalue weighted by molar-refractivity contribution is 7.09. The van der Waals surface area contributed by atoms with Gasteiger partial charge in [0.15, 0.2) is 0 Å². The van der Waals surface area contributed by atoms with E-state index in [9.17, 15) is 0 Å². The van der Waals surface area contributed by atoms with Gasteiger partial charge in [-0.15, -0.1) is 11.3 Å². The molecule has 1 aromatic heterocycles. The lowest BCUT2D eigenvalue weighted by Gasteiger charge is -2.30. The zero-order valence-electron chi connectivity index (χ0n) is 9.40. The van der Waals surface area contributed by atoms with E-state index < -0.39 is 0 Å². The summed E-state index contributed by atoms with van der Waals surface area (Å²) in [4.78, 5) is 7.00. The van der Waals surface area contributed by atoms with Crippen molar-refractivity contribution in [3.8, 4) is 0 Å². The molecule has 0 spiro atoms. The number of hydrogen-bond acceptors (Lipinski definition) is 4. The van der Waals surface area contributed by atoms with Crippen LogP contribution in [0.1, 0.15) is 24.5 Å². The maximum atomic E-state index is 5.51. The molecule has 1 aliphatic heterocycles. The molecular weight excluding hydrogens is 208 g/mol. The highest BCUT2D eigenvalue weighted by Crippen LogP contribution is 2.14. The second-order valence-corrected chi connectivity index (χ2v) is 4.95. The van der Waals surface area contributed by atoms with E-state index in [2.05, 4.69) is 29.1 Å². The Hall–Kier alpha value is -0.450. The molecule has 2 heterocycles. The number of morpholine rings is 1. The molecule has 1 fully saturated rings. The second kappa shape index (κ2) is 5.05. The monoisotopic (exact) mass is 226 g/mol. The minimum atomic E-state index is 0.364. The fourth-order valence-corrected chi connectivity index (χ4v) is 2.58. The molecule has 1 saturated heterocycles. The summed E-state index contributed by atoms with van der Waals surface area (Å²) in [6.07, 6.45) is 1.41. The molecule has 84 valence electrons. The van der Waals surface area contributed by atoms with Crippen molar-refractivity contribution in [1.82, 2.24) is 9.88 Å². The standard InChI is InChI=1S/C11H18N2OS/c1-3-11-12-10(8-15-11)7-13-4-5-14-9(2)6-13/h8-9H,3-7H2,1-2H3/t9-/m1/s1. The Morgan fingerprint density at radius 2 is 2.53 bits per heavy atom. The van der Waals surface area contributed by atoms with Crippen molar-refractivity contribution in [2.24, 2.45) is 0 Å². The van der Waals surface area contributed by atoms with Crippen molar-refractivity contribution in [2.45, 2.75) is 32.9 Å². The van der Waals surface area contributed by atoms with Gasteiger partial charge < -0.3 is 4.74 Å². The lowest BCUT2D eigenvalue weighted by atomic mass is 10.3. The number of nitrogens with zero attached hydrogens (tertiary/aromatic N) is 2. The van der Waals surface area contributed by atoms with Gasteiger partial charge in [-0.2, -0.15) is 0 Å². The Morgan fingerprint density at radius 1 is 1.67 bits per heavy atom. The molecule has 1 aromatic rings. The topological polar surface area (TPSA) is 25.4 Å². The van der Waals surface area contributed by atoms with Gasteiger partial charge in [0.1, 0.15) is 0 Å². The van der Waals surface area contributed by atoms with Crippen molar-refractivity contribution in [3.05, 3.63) is 16.1 Å². The van der Waals surface area contributed by atoms with Crippen LogP contribution in [0.4, 0.5) is 0 Å². The van der Waals surface area contributed by atoms with Gasteiger partial charge in [0.05, 0.1) is 23.4 Å². The largest absolute Gasteiger partial charge is 0.376 e. The first-order valence-corrected chi connectivity index (χ1v) is 6.43. The molecule has 1 aliphatic rings. The lowest BCUT2D eigenvalue weighted by molar-refractivity contribution is -0.0215. The maximum Gasteiger partial charge on any atom is 0.0926 e. The predicted octanol–water partition coefficient (Wildman–Crippen LogP) is 1.93. The third-order valence-corrected chi connectivity index (χ3v) is 3.65. The van der Waals surface area contributed by atoms with Gasteiger partial charge >= 0.3 is 0 Å². The number of aromatic nitrogens is 1. The van der Waals surface area contributed by atoms with E-state index in [1.165, 1.54) is 10.7 Å². The van der Waals surface area contributed by atoms with Gasteiger partial charge in [-0.25, -0.2) is 4.98 Å². The van der Waals surface area contributed by atoms with E-state index in [0.29, 0.717) is 6.10 Å². The molecule has 0 radical (unpaired) electrons. The molecule has 15 heavy (non-hydrogen) atoms. The van der Waals surface area contributed by atoms with Crippen LogP contribution < -0.4 is 0 Å². The summed E-state index contributed by atoms with van der Waals surface area (Å²) in [7, 11) is 0. The average Bonchev–Trinajstić information content (AvgIpc) is 2.65. The molecule has 0 aliphatic carbocycles. The smallest absolute Gasteiger partial charge is 0.0926 e. The fraction of sp³-hybridized carbons (Fsp3) is 0.727. The van der Waals surface area contributed by atoms with Crippen LogP contribution in [0.2, 0.25) is 0 Å². The number of hydrogen-bond donors (Lipinski definition) is 0. The van der Waals surface area contributed by atoms with Gasteiger partial charge in [0.2, 0.25) is 0 Å². The van der Waals surface area contributed by atoms with Crippen LogP contribution in [0.15, 0.2) is 5.38 Å². The molecule has 0 N–H and O–H groups in total. The molecule has 0 amide bonds. The molecule has 3 nitrogen and oxygen atoms in total. The molecule has 0 saturated carbocycles. The summed E-state index contributed by atoms with van der Waals surface area (Å²) in [5.74, 6) is 0. The first kappa shape index (κ1) is 11.0. The second-order valence-electron chi connectivity index (χ2n) is 4.00. The van der Waals surface area contributed by atoms with Crippen LogP contribution in [0.25, 0.3) is 0 Å². The molecule has 2 rings (SSSR count). The van der Waals surface area contributed by atoms with Crippen molar-refractivity contribution >= 4 is 11.3 Å². The van der Waals surface area contributed by atoms with Gasteiger partial charge in [-0.3, -0.25) is 4.90 Å². The summed E-state index contributed by atoms with van der Waals surface area (Å²) >= 11 is 1.77. The number of aryl methyl sites for hydroxylation is 1. The Morgan fingerprint density at radius 3 is 3.20 bits per heavy atom. The van der Waals surface area contributed by atoms with Crippen LogP contribution in [-0.4, -0.2) is 35.7 Å². The zero-order chi connectivity index (χ0) is 10.7. The van der Waals surface area contributed by atoms with Gasteiger partial charge in [-0.1, -0.05) is 6.92 Å². The Labute approximate surface area is 95.1 Å². The van der Waals surface area contributed by atoms with E-state index in [4.69, 9.17) is 4.74 Å². The Balaban J connectivity index is 1.90. The minimum absolute atomic E-state index is 0.364. The SMILES string of the molecule is CCc1nc(CN2CCO[C@H](C)C2)cs1. The summed E-state index contributed by atoms with van der Waals surface area (Å²) in [6.45, 7) is 8.17. The van der Waals surface area contributed by atoms with Crippen LogP contribution in [0.3, 0.4) is 0 Å². The number of thiazole rings is 1. The molecule has 0 bridgehead atoms. The number of ether oxygens (including phenoxy) is 1. The molecule has 4 heteroatoms. The normalized spacial score (nSPS) is 23.2. The van der Waals surface area contributed by atoms with E-state index in [1.807, 2.05) is 0 Å². The maximum absolute atomic E-state index is 5.51. The number of rotatable bonds is 3. The van der Waals surface area contributed by atoms with E-state index in [1.54, 1.807) is 11.3 Å². The van der Waals surface area contributed by atoms with Crippen molar-refractivity contribution in [1.29, 1.82) is 0 Å². The highest BCUT2D eigenvalue weighted by Gasteiger charge is 2.17. The highest BCUT2D eigenvalue weighted by atomic mass is 32.1. The van der Waals surface area contributed by atoms with E-state index in [-0.39, 0.29) is 0 Å². The predicted molar refractivity (Wildman–Crippen MR) is 62.2 cm³/mol. The zero-order valence-corrected chi connectivity index (χ0v) is 10.2. The minimum Gasteiger partial charge on any atom is -0.376 e. The first-order chi connectivity index (χ1) is 7.28. The summed E-state index contributed by atoms with van der Waals surface area (Å²) in [6, 6.07) is 0. The van der Waals surface area contributed by atoms with Gasteiger partial charge in [0.25, 0.3) is 0 Å². The van der Waals surface area contributed by atoms with Crippen molar-refractivity contribution < 1.29 is 4.74 Å². The lowest BCUT2D eigenvalue weighted by Crippen LogP contribution is -2.40. The van der Waals surface area contributed by atoms with Crippen molar-refractivity contribution in [3.63, 3.8) is 0 Å². The average molecular weight is 226 g/mol. The quantitative estimate of drug-likeness (QED) is 0.787. The van der Waals surface area contributed by atoms with Crippen LogP contribution in [0.5, 0.6) is 0 Å². The third kappa shape index (κ3) is 3.00. The fourth-order valence-electron chi connectivity index (χ4n) is 1.85. The van der Waals surface area contributed by atoms with Crippen LogP contribution in [0, 0.1) is 0 Å². The van der Waals surface area contributed by atoms with Crippen LogP contribution in [-0.2, 0) is 17.7 Å². The van der Waals surface area contributed by atoms with Crippen LogP contribution >= 0.6 is 11.3 Å². The molecule has 0 aromatic carbocycles. The van der Waals surface area contributed by atoms with E-state index >= 15 is 0 Å². The molecule has 1 atom stereocenters. The third-order valence-electron chi connectivity index (χ3n) is 2.61. The molecule has 0 unspecified atom stereocenters. The first-order valence-electron chi connectivity index (χ1n) is 5.55. The summed E-state index contributed by atoms with van der Waals surface area (Å²) < 4.78 is 5.51. The molecular formula is C11H18N2OS. The summed E-state index contributed by atoms with van der Waals surface area (Å²) in [5, 5.41) is 3.42. The Kier molecular flexibility index (Phi) is 3.72. The van der Waals surface area contributed by atoms with Crippen molar-refractivity contribution in [2.75, 3.05) is 19.7 Å². The van der Waals surface area contributed by atoms with E-state index in [0.717, 1.165) is 32.7 Å². The van der Waals surface area contributed by atoms with Gasteiger partial charge in [0, 0.05) is 25.0 Å². The van der Waals surface area contributed by atoms with Gasteiger partial charge in [-0.05, 0) is 13.3 Å².